The van der Waals surface area contributed by atoms with E-state index in [0.29, 0.717) is 29.7 Å². The molecule has 44 heavy (non-hydrogen) atoms. The van der Waals surface area contributed by atoms with Crippen LogP contribution in [0.3, 0.4) is 0 Å². The van der Waals surface area contributed by atoms with Gasteiger partial charge in [0, 0.05) is 60.3 Å². The highest BCUT2D eigenvalue weighted by atomic mass is 28.3. The van der Waals surface area contributed by atoms with Gasteiger partial charge in [0.1, 0.15) is 20.5 Å². The van der Waals surface area contributed by atoms with Crippen LogP contribution in [0, 0.1) is 25.3 Å². The van der Waals surface area contributed by atoms with E-state index in [1.165, 1.54) is 21.5 Å². The molecular weight excluding hydrogens is 588 g/mol. The molecule has 0 aromatic carbocycles. The van der Waals surface area contributed by atoms with Gasteiger partial charge in [-0.2, -0.15) is 0 Å². The van der Waals surface area contributed by atoms with Crippen LogP contribution in [-0.2, 0) is 15.9 Å². The molecule has 16 nitrogen and oxygen atoms in total. The summed E-state index contributed by atoms with van der Waals surface area (Å²) in [6.07, 6.45) is 3.54. The lowest BCUT2D eigenvalue weighted by Gasteiger charge is -2.17. The number of nitrogens with one attached hydrogen (secondary N) is 2. The Hall–Kier alpha value is -4.49. The third-order valence-corrected chi connectivity index (χ3v) is 8.52. The van der Waals surface area contributed by atoms with Gasteiger partial charge in [0.25, 0.3) is 11.1 Å². The first-order chi connectivity index (χ1) is 20.8. The van der Waals surface area contributed by atoms with Crippen molar-refractivity contribution < 1.29 is 9.47 Å². The Labute approximate surface area is 251 Å². The average Bonchev–Trinajstić information content (AvgIpc) is 3.67. The minimum Gasteiger partial charge on any atom is -0.354 e. The van der Waals surface area contributed by atoms with Crippen LogP contribution < -0.4 is 22.5 Å². The molecule has 2 N–H and O–H groups in total. The Kier molecular flexibility index (Phi) is 8.61. The first kappa shape index (κ1) is 30.9. The molecule has 6 atom stereocenters. The lowest BCUT2D eigenvalue weighted by Crippen LogP contribution is -2.33. The molecule has 5 heterocycles. The highest BCUT2D eigenvalue weighted by Crippen LogP contribution is 2.38. The van der Waals surface area contributed by atoms with E-state index in [-0.39, 0.29) is 18.9 Å². The molecule has 3 aromatic heterocycles. The van der Waals surface area contributed by atoms with Crippen molar-refractivity contribution in [1.82, 2.24) is 34.1 Å². The van der Waals surface area contributed by atoms with Gasteiger partial charge >= 0.3 is 11.4 Å². The molecular formula is C27H34N10O6Si. The van der Waals surface area contributed by atoms with Crippen molar-refractivity contribution in [2.24, 2.45) is 5.11 Å². The summed E-state index contributed by atoms with van der Waals surface area (Å²) in [6.45, 7) is 9.65. The maximum atomic E-state index is 12.6. The minimum absolute atomic E-state index is 0.234. The average molecular weight is 623 g/mol. The highest BCUT2D eigenvalue weighted by molar-refractivity contribution is 6.83. The molecule has 232 valence electrons. The predicted octanol–water partition coefficient (Wildman–Crippen LogP) is 1.60. The molecule has 2 fully saturated rings. The number of aromatic nitrogens is 7. The molecule has 2 aliphatic rings. The predicted molar refractivity (Wildman–Crippen MR) is 161 cm³/mol. The number of rotatable bonds is 7. The van der Waals surface area contributed by atoms with Gasteiger partial charge in [-0.1, -0.05) is 30.0 Å². The molecule has 0 saturated carbocycles. The normalized spacial score (nSPS) is 24.9. The van der Waals surface area contributed by atoms with Crippen LogP contribution in [0.25, 0.3) is 10.4 Å². The number of hydrogen-bond donors (Lipinski definition) is 2. The molecule has 0 aliphatic carbocycles. The fourth-order valence-electron chi connectivity index (χ4n) is 5.40. The molecule has 3 aromatic rings. The smallest absolute Gasteiger partial charge is 0.330 e. The number of hydrogen-bond acceptors (Lipinski definition) is 9. The first-order valence-electron chi connectivity index (χ1n) is 14.2. The number of ether oxygens (including phenoxy) is 2. The van der Waals surface area contributed by atoms with Crippen molar-refractivity contribution in [1.29, 1.82) is 0 Å². The first-order valence-corrected chi connectivity index (χ1v) is 17.7. The van der Waals surface area contributed by atoms with E-state index >= 15 is 0 Å². The van der Waals surface area contributed by atoms with Gasteiger partial charge in [-0.25, -0.2) is 14.3 Å². The largest absolute Gasteiger partial charge is 0.354 e. The minimum atomic E-state index is -1.64. The number of H-pyrrole nitrogens is 2. The van der Waals surface area contributed by atoms with Gasteiger partial charge in [-0.05, 0) is 19.4 Å². The Balaban J connectivity index is 1.38. The molecule has 0 bridgehead atoms. The summed E-state index contributed by atoms with van der Waals surface area (Å²) in [4.78, 5) is 56.4. The third-order valence-electron chi connectivity index (χ3n) is 7.60. The monoisotopic (exact) mass is 622 g/mol. The van der Waals surface area contributed by atoms with E-state index in [2.05, 4.69) is 61.4 Å². The molecule has 0 radical (unpaired) electrons. The molecule has 0 spiro atoms. The van der Waals surface area contributed by atoms with Crippen LogP contribution in [0.4, 0.5) is 0 Å². The quantitative estimate of drug-likeness (QED) is 0.130. The Morgan fingerprint density at radius 2 is 1.57 bits per heavy atom. The lowest BCUT2D eigenvalue weighted by atomic mass is 10.1. The van der Waals surface area contributed by atoms with Crippen LogP contribution in [0.1, 0.15) is 54.6 Å². The molecule has 0 unspecified atom stereocenters. The summed E-state index contributed by atoms with van der Waals surface area (Å²) >= 11 is 0. The van der Waals surface area contributed by atoms with E-state index in [9.17, 15) is 19.2 Å². The topological polar surface area (TPSA) is 208 Å². The zero-order valence-electron chi connectivity index (χ0n) is 25.1. The second-order valence-electron chi connectivity index (χ2n) is 12.2. The zero-order valence-corrected chi connectivity index (χ0v) is 26.1. The van der Waals surface area contributed by atoms with Crippen LogP contribution in [0.2, 0.25) is 19.6 Å². The van der Waals surface area contributed by atoms with Crippen molar-refractivity contribution in [3.63, 3.8) is 0 Å². The van der Waals surface area contributed by atoms with Gasteiger partial charge in [-0.3, -0.25) is 28.7 Å². The SMILES string of the molecule is Cc1cn([C@H]2C[C@H](N=[N+]=[N-])[C@@H](Cc3cn([C@H]4C[C@H](n5cc(C)c(=O)[nH]c5=O)O[C@@H]4CC#C[Si](C)(C)C)nn3)O2)c(=O)[nH]c1=O. The number of azide groups is 1. The van der Waals surface area contributed by atoms with Crippen LogP contribution in [0.5, 0.6) is 0 Å². The van der Waals surface area contributed by atoms with E-state index in [1.54, 1.807) is 24.7 Å². The standard InChI is InChI=1S/C27H34N10O6Si/c1-15-12-35(26(40)29-24(15)38)22-10-18(32-33-28)21(43-22)9-17-14-37(34-31-17)19-11-23(36-13-16(2)25(39)30-27(36)41)42-20(19)7-6-8-44(3,4)5/h12-14,18-23H,7,9-11H2,1-5H3,(H,29,38,40)(H,30,39,41)/t18-,19-,20+,21+,22+,23+/m0/s1. The molecule has 17 heteroatoms. The Bertz CT molecular complexity index is 1900. The number of aromatic amines is 2. The van der Waals surface area contributed by atoms with E-state index in [4.69, 9.17) is 15.0 Å². The summed E-state index contributed by atoms with van der Waals surface area (Å²) in [5.41, 5.74) is 11.7. The van der Waals surface area contributed by atoms with Crippen LogP contribution in [-0.4, -0.2) is 60.4 Å². The van der Waals surface area contributed by atoms with Crippen molar-refractivity contribution in [2.75, 3.05) is 0 Å². The molecule has 2 aliphatic heterocycles. The van der Waals surface area contributed by atoms with Gasteiger partial charge in [0.2, 0.25) is 0 Å². The highest BCUT2D eigenvalue weighted by Gasteiger charge is 2.40. The number of aryl methyl sites for hydroxylation is 2. The second-order valence-corrected chi connectivity index (χ2v) is 16.9. The maximum absolute atomic E-state index is 12.6. The molecule has 0 amide bonds. The van der Waals surface area contributed by atoms with Crippen molar-refractivity contribution in [2.45, 2.75) is 95.9 Å². The van der Waals surface area contributed by atoms with E-state index in [1.807, 2.05) is 0 Å². The fraction of sp³-hybridized carbons (Fsp3) is 0.556. The van der Waals surface area contributed by atoms with Crippen molar-refractivity contribution >= 4 is 8.07 Å². The van der Waals surface area contributed by atoms with Gasteiger partial charge in [0.15, 0.2) is 0 Å². The summed E-state index contributed by atoms with van der Waals surface area (Å²) < 4.78 is 16.8. The van der Waals surface area contributed by atoms with Crippen LogP contribution >= 0.6 is 0 Å². The van der Waals surface area contributed by atoms with Gasteiger partial charge < -0.3 is 9.47 Å². The van der Waals surface area contributed by atoms with E-state index < -0.39 is 61.3 Å². The second kappa shape index (κ2) is 12.2. The van der Waals surface area contributed by atoms with E-state index in [0.717, 1.165) is 0 Å². The zero-order chi connectivity index (χ0) is 31.8. The fourth-order valence-corrected chi connectivity index (χ4v) is 6.03. The van der Waals surface area contributed by atoms with Crippen molar-refractivity contribution in [3.8, 4) is 11.5 Å². The number of nitrogens with zero attached hydrogens (tertiary/aromatic N) is 8. The summed E-state index contributed by atoms with van der Waals surface area (Å²) in [6, 6.07) is -0.905. The van der Waals surface area contributed by atoms with Gasteiger partial charge in [0.05, 0.1) is 30.0 Å². The molecule has 5 rings (SSSR count). The van der Waals surface area contributed by atoms with Crippen LogP contribution in [0.15, 0.2) is 42.9 Å². The third kappa shape index (κ3) is 6.68. The lowest BCUT2D eigenvalue weighted by molar-refractivity contribution is -0.00450. The Morgan fingerprint density at radius 1 is 0.977 bits per heavy atom. The summed E-state index contributed by atoms with van der Waals surface area (Å²) in [7, 11) is -1.64. The molecule has 2 saturated heterocycles. The Morgan fingerprint density at radius 3 is 2.16 bits per heavy atom. The summed E-state index contributed by atoms with van der Waals surface area (Å²) in [5.74, 6) is 3.26. The summed E-state index contributed by atoms with van der Waals surface area (Å²) in [5, 5.41) is 12.6. The van der Waals surface area contributed by atoms with Crippen molar-refractivity contribution in [3.05, 3.63) is 87.5 Å². The van der Waals surface area contributed by atoms with Gasteiger partial charge in [-0.15, -0.1) is 16.6 Å². The maximum Gasteiger partial charge on any atom is 0.330 e.